The second kappa shape index (κ2) is 3.87. The summed E-state index contributed by atoms with van der Waals surface area (Å²) in [5.41, 5.74) is 1.36. The van der Waals surface area contributed by atoms with Crippen LogP contribution in [0.25, 0.3) is 6.08 Å². The highest BCUT2D eigenvalue weighted by Crippen LogP contribution is 2.37. The standard InChI is InChI=1S/C11H13P/c1-2-5-10(6-3-1)9-11-7-4-8-12-11/h1-3,5-6,9,12H,4,7-8H2/b11-9+. The fourth-order valence-corrected chi connectivity index (χ4v) is 2.79. The lowest BCUT2D eigenvalue weighted by molar-refractivity contribution is 0.999. The second-order valence-electron chi connectivity index (χ2n) is 3.11. The molecule has 1 heterocycles. The van der Waals surface area contributed by atoms with Gasteiger partial charge in [0.1, 0.15) is 0 Å². The van der Waals surface area contributed by atoms with Crippen LogP contribution < -0.4 is 0 Å². The summed E-state index contributed by atoms with van der Waals surface area (Å²) < 4.78 is 0. The van der Waals surface area contributed by atoms with E-state index in [1.165, 1.54) is 24.6 Å². The van der Waals surface area contributed by atoms with Gasteiger partial charge in [0.25, 0.3) is 0 Å². The number of allylic oxidation sites excluding steroid dienone is 1. The van der Waals surface area contributed by atoms with Crippen LogP contribution in [0.1, 0.15) is 18.4 Å². The van der Waals surface area contributed by atoms with Crippen LogP contribution in [0.4, 0.5) is 0 Å². The van der Waals surface area contributed by atoms with Crippen LogP contribution in [0.3, 0.4) is 0 Å². The van der Waals surface area contributed by atoms with Gasteiger partial charge >= 0.3 is 0 Å². The Morgan fingerprint density at radius 1 is 1.17 bits per heavy atom. The summed E-state index contributed by atoms with van der Waals surface area (Å²) in [6.07, 6.45) is 6.49. The molecule has 0 amide bonds. The monoisotopic (exact) mass is 176 g/mol. The van der Waals surface area contributed by atoms with Crippen molar-refractivity contribution in [2.75, 3.05) is 6.16 Å². The van der Waals surface area contributed by atoms with Crippen molar-refractivity contribution >= 4 is 14.7 Å². The summed E-state index contributed by atoms with van der Waals surface area (Å²) in [4.78, 5) is 0. The van der Waals surface area contributed by atoms with Gasteiger partial charge in [-0.05, 0) is 29.9 Å². The summed E-state index contributed by atoms with van der Waals surface area (Å²) in [5.74, 6) is 0. The van der Waals surface area contributed by atoms with Crippen molar-refractivity contribution in [3.8, 4) is 0 Å². The Morgan fingerprint density at radius 3 is 2.67 bits per heavy atom. The number of rotatable bonds is 1. The zero-order valence-electron chi connectivity index (χ0n) is 7.09. The van der Waals surface area contributed by atoms with Gasteiger partial charge in [-0.15, -0.1) is 0 Å². The molecule has 1 aromatic carbocycles. The number of benzene rings is 1. The van der Waals surface area contributed by atoms with Crippen molar-refractivity contribution in [3.63, 3.8) is 0 Å². The van der Waals surface area contributed by atoms with Crippen molar-refractivity contribution in [2.45, 2.75) is 12.8 Å². The van der Waals surface area contributed by atoms with Gasteiger partial charge in [0, 0.05) is 0 Å². The Hall–Kier alpha value is -0.610. The minimum atomic E-state index is 1.09. The lowest BCUT2D eigenvalue weighted by Gasteiger charge is -1.95. The molecule has 1 atom stereocenters. The number of hydrogen-bond acceptors (Lipinski definition) is 0. The molecule has 1 heteroatoms. The molecule has 62 valence electrons. The van der Waals surface area contributed by atoms with Crippen LogP contribution in [0, 0.1) is 0 Å². The first-order chi connectivity index (χ1) is 5.95. The van der Waals surface area contributed by atoms with Crippen molar-refractivity contribution in [1.29, 1.82) is 0 Å². The average Bonchev–Trinajstić information content (AvgIpc) is 2.59. The average molecular weight is 176 g/mol. The highest BCUT2D eigenvalue weighted by Gasteiger charge is 2.05. The van der Waals surface area contributed by atoms with Crippen molar-refractivity contribution in [2.24, 2.45) is 0 Å². The third-order valence-electron chi connectivity index (χ3n) is 2.12. The lowest BCUT2D eigenvalue weighted by Crippen LogP contribution is -1.70. The van der Waals surface area contributed by atoms with Crippen LogP contribution in [0.5, 0.6) is 0 Å². The molecule has 0 spiro atoms. The van der Waals surface area contributed by atoms with E-state index in [2.05, 4.69) is 36.4 Å². The predicted molar refractivity (Wildman–Crippen MR) is 56.8 cm³/mol. The quantitative estimate of drug-likeness (QED) is 0.574. The molecule has 0 aromatic heterocycles. The molecule has 0 aliphatic carbocycles. The molecule has 1 aromatic rings. The molecular weight excluding hydrogens is 163 g/mol. The van der Waals surface area contributed by atoms with E-state index in [-0.39, 0.29) is 0 Å². The van der Waals surface area contributed by atoms with Gasteiger partial charge in [0.2, 0.25) is 0 Å². The molecular formula is C11H13P. The van der Waals surface area contributed by atoms with Gasteiger partial charge in [-0.1, -0.05) is 45.0 Å². The fraction of sp³-hybridized carbons (Fsp3) is 0.273. The maximum atomic E-state index is 2.35. The van der Waals surface area contributed by atoms with Gasteiger partial charge in [0.05, 0.1) is 0 Å². The first kappa shape index (κ1) is 8.01. The van der Waals surface area contributed by atoms with Gasteiger partial charge in [-0.3, -0.25) is 0 Å². The van der Waals surface area contributed by atoms with Crippen LogP contribution in [0.2, 0.25) is 0 Å². The Balaban J connectivity index is 2.16. The molecule has 1 fully saturated rings. The normalized spacial score (nSPS) is 22.2. The molecule has 0 radical (unpaired) electrons. The molecule has 1 unspecified atom stereocenters. The summed E-state index contributed by atoms with van der Waals surface area (Å²) >= 11 is 0. The smallest absolute Gasteiger partial charge is 0.0254 e. The topological polar surface area (TPSA) is 0 Å². The van der Waals surface area contributed by atoms with Crippen LogP contribution in [-0.4, -0.2) is 6.16 Å². The van der Waals surface area contributed by atoms with Gasteiger partial charge in [-0.25, -0.2) is 0 Å². The maximum absolute atomic E-state index is 2.35. The van der Waals surface area contributed by atoms with Gasteiger partial charge in [0.15, 0.2) is 0 Å². The fourth-order valence-electron chi connectivity index (χ4n) is 1.49. The van der Waals surface area contributed by atoms with E-state index in [4.69, 9.17) is 0 Å². The maximum Gasteiger partial charge on any atom is -0.0254 e. The molecule has 1 saturated heterocycles. The van der Waals surface area contributed by atoms with E-state index < -0.39 is 0 Å². The van der Waals surface area contributed by atoms with Crippen molar-refractivity contribution in [3.05, 3.63) is 41.2 Å². The highest BCUT2D eigenvalue weighted by molar-refractivity contribution is 7.43. The van der Waals surface area contributed by atoms with Crippen molar-refractivity contribution in [1.82, 2.24) is 0 Å². The zero-order chi connectivity index (χ0) is 8.23. The predicted octanol–water partition coefficient (Wildman–Crippen LogP) is 3.50. The molecule has 1 aliphatic rings. The van der Waals surface area contributed by atoms with Crippen molar-refractivity contribution < 1.29 is 0 Å². The summed E-state index contributed by atoms with van der Waals surface area (Å²) in [6.45, 7) is 0. The third kappa shape index (κ3) is 1.95. The van der Waals surface area contributed by atoms with Gasteiger partial charge < -0.3 is 0 Å². The Morgan fingerprint density at radius 2 is 2.00 bits per heavy atom. The first-order valence-corrected chi connectivity index (χ1v) is 5.65. The molecule has 1 aliphatic heterocycles. The Labute approximate surface area is 75.5 Å². The summed E-state index contributed by atoms with van der Waals surface area (Å²) in [5, 5.41) is 1.65. The Kier molecular flexibility index (Phi) is 2.58. The van der Waals surface area contributed by atoms with Crippen LogP contribution in [-0.2, 0) is 0 Å². The summed E-state index contributed by atoms with van der Waals surface area (Å²) in [7, 11) is 1.09. The highest BCUT2D eigenvalue weighted by atomic mass is 31.1. The molecule has 0 bridgehead atoms. The minimum Gasteiger partial charge on any atom is -0.0948 e. The minimum absolute atomic E-state index is 1.09. The Bertz CT molecular complexity index is 266. The molecule has 0 nitrogen and oxygen atoms in total. The van der Waals surface area contributed by atoms with E-state index >= 15 is 0 Å². The SMILES string of the molecule is C(=C1/CCCP1)/c1ccccc1. The van der Waals surface area contributed by atoms with Gasteiger partial charge in [-0.2, -0.15) is 0 Å². The first-order valence-electron chi connectivity index (χ1n) is 4.45. The molecule has 12 heavy (non-hydrogen) atoms. The zero-order valence-corrected chi connectivity index (χ0v) is 8.09. The molecule has 0 saturated carbocycles. The largest absolute Gasteiger partial charge is 0.0948 e. The molecule has 0 N–H and O–H groups in total. The second-order valence-corrected chi connectivity index (χ2v) is 4.61. The van der Waals surface area contributed by atoms with E-state index in [9.17, 15) is 0 Å². The van der Waals surface area contributed by atoms with Crippen LogP contribution in [0.15, 0.2) is 35.6 Å². The van der Waals surface area contributed by atoms with E-state index in [0.717, 1.165) is 8.58 Å². The van der Waals surface area contributed by atoms with E-state index in [0.29, 0.717) is 0 Å². The number of hydrogen-bond donors (Lipinski definition) is 0. The van der Waals surface area contributed by atoms with Crippen LogP contribution >= 0.6 is 8.58 Å². The molecule has 2 rings (SSSR count). The summed E-state index contributed by atoms with van der Waals surface area (Å²) in [6, 6.07) is 10.6. The third-order valence-corrected chi connectivity index (χ3v) is 3.57. The van der Waals surface area contributed by atoms with E-state index in [1.54, 1.807) is 5.31 Å². The lowest BCUT2D eigenvalue weighted by atomic mass is 10.2. The van der Waals surface area contributed by atoms with E-state index in [1.807, 2.05) is 0 Å².